The first-order chi connectivity index (χ1) is 35.6. The highest BCUT2D eigenvalue weighted by molar-refractivity contribution is 7.93. The molecule has 5 N–H and O–H groups in total. The molecule has 0 aliphatic carbocycles. The van der Waals surface area contributed by atoms with Crippen LogP contribution in [0.5, 0.6) is 0 Å². The van der Waals surface area contributed by atoms with Crippen molar-refractivity contribution in [3.05, 3.63) is 198 Å². The molecule has 0 spiro atoms. The summed E-state index contributed by atoms with van der Waals surface area (Å²) in [4.78, 5) is 22.9. The number of sulfonamides is 3. The van der Waals surface area contributed by atoms with E-state index in [9.17, 15) is 0 Å². The second kappa shape index (κ2) is 18.8. The Hall–Kier alpha value is -8.36. The topological polar surface area (TPSA) is 220 Å². The summed E-state index contributed by atoms with van der Waals surface area (Å²) < 4.78 is 234. The fourth-order valence-corrected chi connectivity index (χ4v) is 12.6. The molecule has 0 radical (unpaired) electrons. The van der Waals surface area contributed by atoms with Crippen molar-refractivity contribution in [2.45, 2.75) is 38.6 Å². The summed E-state index contributed by atoms with van der Waals surface area (Å²) in [6.45, 7) is 0. The number of nitrogens with one attached hydrogen (secondary N) is 3. The largest absolute Gasteiger partial charge is 0.416 e. The molecule has 0 saturated heterocycles. The Kier molecular flexibility index (Phi) is 13.0. The minimum Gasteiger partial charge on any atom is -0.368 e. The highest BCUT2D eigenvalue weighted by Crippen LogP contribution is 2.51. The molecule has 76 heavy (non-hydrogen) atoms. The van der Waals surface area contributed by atoms with Crippen molar-refractivity contribution < 1.29 is 69.6 Å². The van der Waals surface area contributed by atoms with E-state index in [-0.39, 0.29) is 87.3 Å². The van der Waals surface area contributed by atoms with Gasteiger partial charge in [-0.2, -0.15) is 39.5 Å². The summed E-state index contributed by atoms with van der Waals surface area (Å²) >= 11 is 0. The van der Waals surface area contributed by atoms with Gasteiger partial charge in [-0.3, -0.25) is 33.9 Å². The molecule has 26 heteroatoms. The van der Waals surface area contributed by atoms with Crippen LogP contribution < -0.4 is 19.9 Å². The third-order valence-electron chi connectivity index (χ3n) is 12.0. The lowest BCUT2D eigenvalue weighted by Crippen LogP contribution is -2.47. The number of carbonyl (C=O) groups is 1. The van der Waals surface area contributed by atoms with Gasteiger partial charge in [0.25, 0.3) is 30.1 Å². The first kappa shape index (κ1) is 52.5. The zero-order valence-electron chi connectivity index (χ0n) is 38.0. The number of nitrogens with two attached hydrogens (primary N) is 1. The number of fused-ring (bicyclic) bond motifs is 3. The van der Waals surface area contributed by atoms with Gasteiger partial charge in [0.15, 0.2) is 0 Å². The van der Waals surface area contributed by atoms with Gasteiger partial charge >= 0.3 is 18.5 Å². The van der Waals surface area contributed by atoms with Gasteiger partial charge in [0.05, 0.1) is 65.0 Å². The van der Waals surface area contributed by atoms with Gasteiger partial charge in [0, 0.05) is 34.7 Å². The van der Waals surface area contributed by atoms with Crippen LogP contribution in [0.1, 0.15) is 33.4 Å². The molecule has 1 amide bonds. The molecule has 0 aliphatic heterocycles. The predicted molar refractivity (Wildman–Crippen MR) is 261 cm³/mol. The van der Waals surface area contributed by atoms with E-state index in [0.29, 0.717) is 0 Å². The highest BCUT2D eigenvalue weighted by Gasteiger charge is 2.53. The number of nitrogens with zero attached hydrogens (tertiary/aromatic N) is 3. The summed E-state index contributed by atoms with van der Waals surface area (Å²) in [5, 5.41) is 0.798. The van der Waals surface area contributed by atoms with Crippen LogP contribution in [0.15, 0.2) is 179 Å². The maximum Gasteiger partial charge on any atom is 0.416 e. The van der Waals surface area contributed by atoms with Crippen LogP contribution in [0.2, 0.25) is 0 Å². The number of aromatic nitrogens is 3. The van der Waals surface area contributed by atoms with Crippen molar-refractivity contribution in [1.82, 2.24) is 15.0 Å². The second-order valence-electron chi connectivity index (χ2n) is 16.7. The van der Waals surface area contributed by atoms with Crippen LogP contribution in [-0.4, -0.2) is 46.1 Å². The molecular weight excluding hydrogens is 1080 g/mol. The van der Waals surface area contributed by atoms with E-state index in [1.165, 1.54) is 91.4 Å². The van der Waals surface area contributed by atoms with Crippen LogP contribution in [0.25, 0.3) is 32.7 Å². The van der Waals surface area contributed by atoms with E-state index in [0.717, 1.165) is 18.2 Å². The number of pyridine rings is 3. The fourth-order valence-electron chi connectivity index (χ4n) is 8.69. The molecule has 0 aliphatic rings. The smallest absolute Gasteiger partial charge is 0.368 e. The second-order valence-corrected chi connectivity index (χ2v) is 21.7. The van der Waals surface area contributed by atoms with Crippen molar-refractivity contribution in [3.63, 3.8) is 0 Å². The Bertz CT molecular complexity index is 3750. The number of hydrogen-bond acceptors (Lipinski definition) is 10. The van der Waals surface area contributed by atoms with Crippen molar-refractivity contribution in [2.24, 2.45) is 5.73 Å². The summed E-state index contributed by atoms with van der Waals surface area (Å²) in [5.74, 6) is -2.39. The average molecular weight is 1110 g/mol. The third-order valence-corrected chi connectivity index (χ3v) is 16.3. The molecule has 0 atom stereocenters. The Morgan fingerprint density at radius 1 is 0.395 bits per heavy atom. The normalized spacial score (nSPS) is 13.0. The summed E-state index contributed by atoms with van der Waals surface area (Å²) in [6.07, 6.45) is -13.2. The van der Waals surface area contributed by atoms with Crippen molar-refractivity contribution in [3.8, 4) is 0 Å². The van der Waals surface area contributed by atoms with Gasteiger partial charge in [0.2, 0.25) is 5.91 Å². The summed E-state index contributed by atoms with van der Waals surface area (Å²) in [6, 6.07) is 20.9. The maximum absolute atomic E-state index is 15.2. The van der Waals surface area contributed by atoms with Gasteiger partial charge in [0.1, 0.15) is 5.41 Å². The van der Waals surface area contributed by atoms with Crippen molar-refractivity contribution >= 4 is 85.7 Å². The van der Waals surface area contributed by atoms with E-state index in [1.54, 1.807) is 0 Å². The molecule has 390 valence electrons. The first-order valence-electron chi connectivity index (χ1n) is 21.7. The number of anilines is 3. The maximum atomic E-state index is 15.2. The highest BCUT2D eigenvalue weighted by atomic mass is 32.2. The molecular formula is C50H32F9N7O7S3. The molecule has 0 saturated carbocycles. The van der Waals surface area contributed by atoms with Crippen LogP contribution in [-0.2, 0) is 58.8 Å². The minimum absolute atomic E-state index is 0.108. The molecule has 14 nitrogen and oxygen atoms in total. The fraction of sp³-hybridized carbons (Fsp3) is 0.0800. The molecule has 0 bridgehead atoms. The first-order valence-corrected chi connectivity index (χ1v) is 26.1. The molecule has 9 rings (SSSR count). The van der Waals surface area contributed by atoms with Gasteiger partial charge in [-0.25, -0.2) is 25.3 Å². The van der Waals surface area contributed by atoms with Crippen LogP contribution in [0.3, 0.4) is 0 Å². The predicted octanol–water partition coefficient (Wildman–Crippen LogP) is 10.6. The molecule has 3 aromatic heterocycles. The molecule has 3 heterocycles. The number of para-hydroxylation sites is 3. The number of rotatable bonds is 13. The van der Waals surface area contributed by atoms with Gasteiger partial charge in [-0.05, 0) is 108 Å². The van der Waals surface area contributed by atoms with Crippen LogP contribution in [0, 0.1) is 0 Å². The zero-order chi connectivity index (χ0) is 54.8. The van der Waals surface area contributed by atoms with E-state index < -0.39 is 125 Å². The lowest BCUT2D eigenvalue weighted by molar-refractivity contribution is -0.138. The number of primary amides is 1. The van der Waals surface area contributed by atoms with E-state index >= 15 is 69.6 Å². The van der Waals surface area contributed by atoms with E-state index in [4.69, 9.17) is 5.73 Å². The Balaban J connectivity index is 1.48. The molecule has 6 aromatic carbocycles. The number of amides is 1. The minimum atomic E-state index is -5.71. The lowest BCUT2D eigenvalue weighted by atomic mass is 9.67. The van der Waals surface area contributed by atoms with Gasteiger partial charge in [-0.15, -0.1) is 0 Å². The Morgan fingerprint density at radius 3 is 0.908 bits per heavy atom. The lowest BCUT2D eigenvalue weighted by Gasteiger charge is -2.37. The number of benzene rings is 6. The van der Waals surface area contributed by atoms with Gasteiger partial charge in [-0.1, -0.05) is 54.6 Å². The third kappa shape index (κ3) is 9.64. The monoisotopic (exact) mass is 1110 g/mol. The molecule has 0 unspecified atom stereocenters. The van der Waals surface area contributed by atoms with Crippen molar-refractivity contribution in [2.75, 3.05) is 14.2 Å². The number of alkyl halides is 9. The Morgan fingerprint density at radius 2 is 0.658 bits per heavy atom. The summed E-state index contributed by atoms with van der Waals surface area (Å²) in [7, 11) is -17.1. The quantitative estimate of drug-likeness (QED) is 0.0632. The van der Waals surface area contributed by atoms with E-state index in [1.807, 2.05) is 0 Å². The Labute approximate surface area is 424 Å². The summed E-state index contributed by atoms with van der Waals surface area (Å²) in [5.41, 5.74) is -10.8. The van der Waals surface area contributed by atoms with Crippen molar-refractivity contribution in [1.29, 1.82) is 0 Å². The average Bonchev–Trinajstić information content (AvgIpc) is 3.47. The standard InChI is InChI=1S/C50H32F9N7O7S3/c51-48(52,53)31-16-19-40(74(68,69)64-37-13-1-7-28-10-4-22-61-43(28)37)34(25-31)47(46(60)67,35-26-32(49(54,55)56)17-20-41(35)75(70,71)65-38-14-2-8-29-11-5-23-62-44(29)38)36-27-33(50(57,58)59)18-21-42(36)76(72,73)66-39-15-3-9-30-12-6-24-63-45(30)39/h1-27,64-66H,(H2,60,67). The van der Waals surface area contributed by atoms with Crippen LogP contribution >= 0.6 is 0 Å². The van der Waals surface area contributed by atoms with E-state index in [2.05, 4.69) is 29.1 Å². The zero-order valence-corrected chi connectivity index (χ0v) is 40.4. The van der Waals surface area contributed by atoms with Crippen LogP contribution in [0.4, 0.5) is 56.6 Å². The van der Waals surface area contributed by atoms with Gasteiger partial charge < -0.3 is 5.73 Å². The number of carbonyl (C=O) groups excluding carboxylic acids is 1. The molecule has 0 fully saturated rings. The molecule has 9 aromatic rings. The number of halogens is 9. The SMILES string of the molecule is NC(=O)C(c1cc(C(F)(F)F)ccc1S(=O)(=O)Nc1cccc2cccnc12)(c1cc(C(F)(F)F)ccc1S(=O)(=O)Nc1cccc2cccnc12)c1cc(C(F)(F)F)ccc1S(=O)(=O)Nc1cccc2cccnc12. The number of hydrogen-bond donors (Lipinski definition) is 4.